The summed E-state index contributed by atoms with van der Waals surface area (Å²) < 4.78 is 0. The Labute approximate surface area is 92.5 Å². The van der Waals surface area contributed by atoms with Gasteiger partial charge >= 0.3 is 5.97 Å². The fraction of sp³-hybridized carbons (Fsp3) is 0.300. The van der Waals surface area contributed by atoms with E-state index in [4.69, 9.17) is 28.3 Å². The summed E-state index contributed by atoms with van der Waals surface area (Å²) in [6, 6.07) is 5.44. The normalized spacial score (nSPS) is 12.5. The number of halogens is 2. The maximum Gasteiger partial charge on any atom is 0.321 e. The lowest BCUT2D eigenvalue weighted by atomic mass is 10.0. The van der Waals surface area contributed by atoms with Gasteiger partial charge in [0.2, 0.25) is 0 Å². The molecular formula is C10H10Cl2O2. The summed E-state index contributed by atoms with van der Waals surface area (Å²) in [7, 11) is 0. The molecule has 2 nitrogen and oxygen atoms in total. The molecule has 0 saturated carbocycles. The standard InChI is InChI=1S/C10H10Cl2O2/c1-6-3-2-4-8(11)7(6)5-9(12)10(13)14/h2-4,9H,5H2,1H3,(H,13,14). The van der Waals surface area contributed by atoms with Crippen molar-refractivity contribution in [2.24, 2.45) is 0 Å². The quantitative estimate of drug-likeness (QED) is 0.815. The Hall–Kier alpha value is -0.730. The molecule has 0 aliphatic rings. The van der Waals surface area contributed by atoms with Crippen molar-refractivity contribution < 1.29 is 9.90 Å². The number of carbonyl (C=O) groups is 1. The zero-order chi connectivity index (χ0) is 10.7. The van der Waals surface area contributed by atoms with Gasteiger partial charge in [-0.15, -0.1) is 11.6 Å². The number of hydrogen-bond donors (Lipinski definition) is 1. The van der Waals surface area contributed by atoms with E-state index in [2.05, 4.69) is 0 Å². The lowest BCUT2D eigenvalue weighted by Gasteiger charge is -2.09. The van der Waals surface area contributed by atoms with Crippen LogP contribution in [-0.4, -0.2) is 16.5 Å². The molecule has 1 N–H and O–H groups in total. The van der Waals surface area contributed by atoms with E-state index in [1.54, 1.807) is 6.07 Å². The highest BCUT2D eigenvalue weighted by Gasteiger charge is 2.16. The molecule has 0 bridgehead atoms. The van der Waals surface area contributed by atoms with Crippen molar-refractivity contribution in [2.75, 3.05) is 0 Å². The number of carboxylic acid groups (broad SMARTS) is 1. The molecule has 1 rings (SSSR count). The van der Waals surface area contributed by atoms with Crippen molar-refractivity contribution >= 4 is 29.2 Å². The molecule has 0 amide bonds. The third kappa shape index (κ3) is 2.63. The Bertz CT molecular complexity index is 330. The number of alkyl halides is 1. The summed E-state index contributed by atoms with van der Waals surface area (Å²) in [5.74, 6) is -1.02. The van der Waals surface area contributed by atoms with Crippen LogP contribution in [0.3, 0.4) is 0 Å². The van der Waals surface area contributed by atoms with Gasteiger partial charge in [-0.05, 0) is 24.1 Å². The number of benzene rings is 1. The molecule has 1 aromatic rings. The average Bonchev–Trinajstić information content (AvgIpc) is 2.11. The molecule has 1 unspecified atom stereocenters. The van der Waals surface area contributed by atoms with Crippen LogP contribution in [0.1, 0.15) is 11.1 Å². The molecule has 0 saturated heterocycles. The Kier molecular flexibility index (Phi) is 3.78. The van der Waals surface area contributed by atoms with Crippen molar-refractivity contribution in [1.82, 2.24) is 0 Å². The molecule has 0 aromatic heterocycles. The van der Waals surface area contributed by atoms with E-state index >= 15 is 0 Å². The summed E-state index contributed by atoms with van der Waals surface area (Å²) in [5, 5.41) is 8.29. The largest absolute Gasteiger partial charge is 0.480 e. The third-order valence-electron chi connectivity index (χ3n) is 2.00. The molecular weight excluding hydrogens is 223 g/mol. The van der Waals surface area contributed by atoms with Crippen LogP contribution in [-0.2, 0) is 11.2 Å². The first-order valence-corrected chi connectivity index (χ1v) is 4.94. The van der Waals surface area contributed by atoms with Gasteiger partial charge in [0.1, 0.15) is 5.38 Å². The molecule has 0 heterocycles. The maximum absolute atomic E-state index is 10.6. The molecule has 76 valence electrons. The van der Waals surface area contributed by atoms with Gasteiger partial charge in [0.05, 0.1) is 0 Å². The first-order valence-electron chi connectivity index (χ1n) is 4.13. The monoisotopic (exact) mass is 232 g/mol. The van der Waals surface area contributed by atoms with Crippen molar-refractivity contribution in [3.05, 3.63) is 34.3 Å². The van der Waals surface area contributed by atoms with Crippen LogP contribution in [0.4, 0.5) is 0 Å². The summed E-state index contributed by atoms with van der Waals surface area (Å²) in [5.41, 5.74) is 1.76. The van der Waals surface area contributed by atoms with Crippen LogP contribution in [0.15, 0.2) is 18.2 Å². The summed E-state index contributed by atoms with van der Waals surface area (Å²) in [6.07, 6.45) is 0.252. The minimum Gasteiger partial charge on any atom is -0.480 e. The Morgan fingerprint density at radius 1 is 1.57 bits per heavy atom. The molecule has 1 aromatic carbocycles. The fourth-order valence-corrected chi connectivity index (χ4v) is 1.64. The molecule has 0 aliphatic carbocycles. The minimum absolute atomic E-state index is 0.252. The number of carboxylic acids is 1. The van der Waals surface area contributed by atoms with Gasteiger partial charge in [0.25, 0.3) is 0 Å². The van der Waals surface area contributed by atoms with E-state index in [9.17, 15) is 4.79 Å². The molecule has 0 radical (unpaired) electrons. The van der Waals surface area contributed by atoms with Crippen LogP contribution >= 0.6 is 23.2 Å². The van der Waals surface area contributed by atoms with Crippen LogP contribution in [0.2, 0.25) is 5.02 Å². The Morgan fingerprint density at radius 2 is 2.21 bits per heavy atom. The topological polar surface area (TPSA) is 37.3 Å². The first kappa shape index (κ1) is 11.3. The molecule has 0 fully saturated rings. The number of aryl methyl sites for hydroxylation is 1. The van der Waals surface area contributed by atoms with Gasteiger partial charge in [0, 0.05) is 11.4 Å². The van der Waals surface area contributed by atoms with Crippen LogP contribution in [0, 0.1) is 6.92 Å². The minimum atomic E-state index is -1.02. The second kappa shape index (κ2) is 4.67. The third-order valence-corrected chi connectivity index (χ3v) is 2.70. The zero-order valence-electron chi connectivity index (χ0n) is 7.63. The Morgan fingerprint density at radius 3 is 2.71 bits per heavy atom. The number of rotatable bonds is 3. The van der Waals surface area contributed by atoms with Crippen molar-refractivity contribution in [3.8, 4) is 0 Å². The maximum atomic E-state index is 10.6. The first-order chi connectivity index (χ1) is 6.52. The van der Waals surface area contributed by atoms with Crippen LogP contribution in [0.25, 0.3) is 0 Å². The Balaban J connectivity index is 2.91. The molecule has 1 atom stereocenters. The molecule has 4 heteroatoms. The van der Waals surface area contributed by atoms with Crippen molar-refractivity contribution in [2.45, 2.75) is 18.7 Å². The second-order valence-electron chi connectivity index (χ2n) is 3.05. The van der Waals surface area contributed by atoms with E-state index < -0.39 is 11.3 Å². The lowest BCUT2D eigenvalue weighted by Crippen LogP contribution is -2.16. The van der Waals surface area contributed by atoms with Gasteiger partial charge in [-0.25, -0.2) is 0 Å². The summed E-state index contributed by atoms with van der Waals surface area (Å²) >= 11 is 11.6. The van der Waals surface area contributed by atoms with Crippen LogP contribution in [0.5, 0.6) is 0 Å². The number of aliphatic carboxylic acids is 1. The second-order valence-corrected chi connectivity index (χ2v) is 3.98. The van der Waals surface area contributed by atoms with Crippen LogP contribution < -0.4 is 0 Å². The smallest absolute Gasteiger partial charge is 0.321 e. The van der Waals surface area contributed by atoms with E-state index in [0.717, 1.165) is 11.1 Å². The highest BCUT2D eigenvalue weighted by Crippen LogP contribution is 2.22. The lowest BCUT2D eigenvalue weighted by molar-refractivity contribution is -0.136. The van der Waals surface area contributed by atoms with Gasteiger partial charge in [-0.1, -0.05) is 23.7 Å². The van der Waals surface area contributed by atoms with E-state index in [1.807, 2.05) is 19.1 Å². The molecule has 14 heavy (non-hydrogen) atoms. The average molecular weight is 233 g/mol. The summed E-state index contributed by atoms with van der Waals surface area (Å²) in [6.45, 7) is 1.88. The van der Waals surface area contributed by atoms with E-state index in [0.29, 0.717) is 5.02 Å². The van der Waals surface area contributed by atoms with Crippen molar-refractivity contribution in [1.29, 1.82) is 0 Å². The SMILES string of the molecule is Cc1cccc(Cl)c1CC(Cl)C(=O)O. The predicted molar refractivity (Wildman–Crippen MR) is 57.2 cm³/mol. The van der Waals surface area contributed by atoms with Crippen molar-refractivity contribution in [3.63, 3.8) is 0 Å². The number of hydrogen-bond acceptors (Lipinski definition) is 1. The molecule has 0 aliphatic heterocycles. The molecule has 0 spiro atoms. The highest BCUT2D eigenvalue weighted by atomic mass is 35.5. The van der Waals surface area contributed by atoms with Gasteiger partial charge in [-0.3, -0.25) is 4.79 Å². The zero-order valence-corrected chi connectivity index (χ0v) is 9.14. The summed E-state index contributed by atoms with van der Waals surface area (Å²) in [4.78, 5) is 10.6. The predicted octanol–water partition coefficient (Wildman–Crippen LogP) is 2.88. The highest BCUT2D eigenvalue weighted by molar-refractivity contribution is 6.32. The van der Waals surface area contributed by atoms with E-state index in [-0.39, 0.29) is 6.42 Å². The van der Waals surface area contributed by atoms with Gasteiger partial charge in [0.15, 0.2) is 0 Å². The van der Waals surface area contributed by atoms with Gasteiger partial charge in [-0.2, -0.15) is 0 Å². The van der Waals surface area contributed by atoms with Gasteiger partial charge < -0.3 is 5.11 Å². The van der Waals surface area contributed by atoms with E-state index in [1.165, 1.54) is 0 Å². The fourth-order valence-electron chi connectivity index (χ4n) is 1.19.